The van der Waals surface area contributed by atoms with Gasteiger partial charge in [-0.1, -0.05) is 19.3 Å². The molecule has 2 saturated heterocycles. The van der Waals surface area contributed by atoms with E-state index in [9.17, 15) is 14.4 Å². The van der Waals surface area contributed by atoms with Crippen molar-refractivity contribution in [3.05, 3.63) is 0 Å². The summed E-state index contributed by atoms with van der Waals surface area (Å²) >= 11 is 0. The maximum absolute atomic E-state index is 13.7. The molecule has 8 nitrogen and oxygen atoms in total. The standard InChI is InChI=1S/C26H37NO7/c28-19(15-27-10-12-31-13-11-27)32-22-18-14-17-20(24(29)33-23(17)22)21(18)25(30)34-26(8-4-5-9-26)16-6-2-1-3-7-16/h16-18,20-23H,1-15H2. The second kappa shape index (κ2) is 9.08. The van der Waals surface area contributed by atoms with E-state index in [0.29, 0.717) is 38.6 Å². The number of fused-ring (bicyclic) bond motifs is 1. The molecular formula is C26H37NO7. The van der Waals surface area contributed by atoms with Crippen LogP contribution >= 0.6 is 0 Å². The zero-order valence-electron chi connectivity index (χ0n) is 20.0. The van der Waals surface area contributed by atoms with Gasteiger partial charge in [0, 0.05) is 24.9 Å². The van der Waals surface area contributed by atoms with Crippen molar-refractivity contribution in [1.29, 1.82) is 0 Å². The number of carbonyl (C=O) groups excluding carboxylic acids is 3. The number of rotatable bonds is 6. The first kappa shape index (κ1) is 22.8. The topological polar surface area (TPSA) is 91.4 Å². The van der Waals surface area contributed by atoms with Crippen LogP contribution in [0.15, 0.2) is 0 Å². The number of nitrogens with zero attached hydrogens (tertiary/aromatic N) is 1. The van der Waals surface area contributed by atoms with Crippen molar-refractivity contribution in [2.75, 3.05) is 32.8 Å². The van der Waals surface area contributed by atoms with Crippen molar-refractivity contribution >= 4 is 17.9 Å². The Morgan fingerprint density at radius 3 is 2.47 bits per heavy atom. The molecule has 0 aromatic heterocycles. The van der Waals surface area contributed by atoms with Crippen LogP contribution in [0.4, 0.5) is 0 Å². The summed E-state index contributed by atoms with van der Waals surface area (Å²) in [6, 6.07) is 0. The van der Waals surface area contributed by atoms with E-state index in [4.69, 9.17) is 18.9 Å². The molecule has 4 saturated carbocycles. The number of hydrogen-bond acceptors (Lipinski definition) is 8. The van der Waals surface area contributed by atoms with Crippen LogP contribution < -0.4 is 0 Å². The van der Waals surface area contributed by atoms with E-state index in [2.05, 4.69) is 0 Å². The molecule has 34 heavy (non-hydrogen) atoms. The Bertz CT molecular complexity index is 812. The molecule has 6 unspecified atom stereocenters. The third-order valence-electron chi connectivity index (χ3n) is 9.64. The van der Waals surface area contributed by atoms with Gasteiger partial charge >= 0.3 is 17.9 Å². The minimum atomic E-state index is -0.557. The molecule has 4 aliphatic carbocycles. The first-order chi connectivity index (χ1) is 16.6. The highest BCUT2D eigenvalue weighted by atomic mass is 16.6. The van der Waals surface area contributed by atoms with Gasteiger partial charge in [0.2, 0.25) is 0 Å². The van der Waals surface area contributed by atoms with Gasteiger partial charge in [-0.15, -0.1) is 0 Å². The minimum absolute atomic E-state index is 0.0505. The summed E-state index contributed by atoms with van der Waals surface area (Å²) in [6.07, 6.45) is 9.69. The smallest absolute Gasteiger partial charge is 0.320 e. The van der Waals surface area contributed by atoms with E-state index >= 15 is 0 Å². The van der Waals surface area contributed by atoms with Crippen molar-refractivity contribution in [2.24, 2.45) is 29.6 Å². The zero-order chi connectivity index (χ0) is 23.3. The fourth-order valence-corrected chi connectivity index (χ4v) is 8.06. The highest BCUT2D eigenvalue weighted by molar-refractivity contribution is 5.86. The average Bonchev–Trinajstić information content (AvgIpc) is 3.59. The van der Waals surface area contributed by atoms with Gasteiger partial charge in [0.25, 0.3) is 0 Å². The van der Waals surface area contributed by atoms with Crippen LogP contribution in [0.3, 0.4) is 0 Å². The number of hydrogen-bond donors (Lipinski definition) is 0. The summed E-state index contributed by atoms with van der Waals surface area (Å²) < 4.78 is 23.4. The molecule has 2 aliphatic heterocycles. The zero-order valence-corrected chi connectivity index (χ0v) is 20.0. The van der Waals surface area contributed by atoms with Gasteiger partial charge in [0.05, 0.1) is 31.6 Å². The fraction of sp³-hybridized carbons (Fsp3) is 0.885. The Morgan fingerprint density at radius 2 is 1.74 bits per heavy atom. The van der Waals surface area contributed by atoms with E-state index < -0.39 is 24.0 Å². The summed E-state index contributed by atoms with van der Waals surface area (Å²) in [7, 11) is 0. The molecular weight excluding hydrogens is 438 g/mol. The largest absolute Gasteiger partial charge is 0.459 e. The molecule has 6 fully saturated rings. The molecule has 6 atom stereocenters. The van der Waals surface area contributed by atoms with Crippen molar-refractivity contribution < 1.29 is 33.3 Å². The average molecular weight is 476 g/mol. The monoisotopic (exact) mass is 475 g/mol. The van der Waals surface area contributed by atoms with Crippen LogP contribution in [0.5, 0.6) is 0 Å². The maximum Gasteiger partial charge on any atom is 0.320 e. The SMILES string of the molecule is O=C(CN1CCOCC1)OC1C2CC3C1OC(=O)C3C2C(=O)OC1(C2CCCCC2)CCCC1. The van der Waals surface area contributed by atoms with E-state index in [0.717, 1.165) is 38.5 Å². The molecule has 0 N–H and O–H groups in total. The number of esters is 3. The highest BCUT2D eigenvalue weighted by Crippen LogP contribution is 2.59. The van der Waals surface area contributed by atoms with Gasteiger partial charge in [-0.25, -0.2) is 0 Å². The van der Waals surface area contributed by atoms with Crippen LogP contribution in [-0.4, -0.2) is 73.5 Å². The summed E-state index contributed by atoms with van der Waals surface area (Å²) in [5.74, 6) is -1.71. The molecule has 188 valence electrons. The molecule has 6 rings (SSSR count). The fourth-order valence-electron chi connectivity index (χ4n) is 8.06. The lowest BCUT2D eigenvalue weighted by atomic mass is 9.75. The lowest BCUT2D eigenvalue weighted by Crippen LogP contribution is -2.48. The Hall–Kier alpha value is -1.67. The Morgan fingerprint density at radius 1 is 1.00 bits per heavy atom. The van der Waals surface area contributed by atoms with Gasteiger partial charge in [0.15, 0.2) is 0 Å². The van der Waals surface area contributed by atoms with Crippen molar-refractivity contribution in [2.45, 2.75) is 82.0 Å². The molecule has 0 amide bonds. The van der Waals surface area contributed by atoms with E-state index in [-0.39, 0.29) is 41.9 Å². The third kappa shape index (κ3) is 3.85. The molecule has 8 heteroatoms. The third-order valence-corrected chi connectivity index (χ3v) is 9.64. The molecule has 0 aromatic rings. The van der Waals surface area contributed by atoms with Gasteiger partial charge in [-0.2, -0.15) is 0 Å². The van der Waals surface area contributed by atoms with E-state index in [1.54, 1.807) is 0 Å². The summed E-state index contributed by atoms with van der Waals surface area (Å²) in [6.45, 7) is 2.82. The number of carbonyl (C=O) groups is 3. The summed E-state index contributed by atoms with van der Waals surface area (Å²) in [5, 5.41) is 0. The Balaban J connectivity index is 1.17. The number of morpholine rings is 1. The summed E-state index contributed by atoms with van der Waals surface area (Å²) in [4.78, 5) is 41.3. The first-order valence-electron chi connectivity index (χ1n) is 13.5. The van der Waals surface area contributed by atoms with Crippen molar-refractivity contribution in [3.63, 3.8) is 0 Å². The predicted octanol–water partition coefficient (Wildman–Crippen LogP) is 2.47. The van der Waals surface area contributed by atoms with E-state index in [1.807, 2.05) is 4.90 Å². The van der Waals surface area contributed by atoms with Crippen LogP contribution in [-0.2, 0) is 33.3 Å². The van der Waals surface area contributed by atoms with Crippen molar-refractivity contribution in [1.82, 2.24) is 4.90 Å². The molecule has 0 radical (unpaired) electrons. The second-order valence-corrected chi connectivity index (χ2v) is 11.4. The molecule has 2 heterocycles. The van der Waals surface area contributed by atoms with Crippen LogP contribution in [0, 0.1) is 29.6 Å². The van der Waals surface area contributed by atoms with E-state index in [1.165, 1.54) is 19.3 Å². The Labute approximate surface area is 201 Å². The van der Waals surface area contributed by atoms with Crippen LogP contribution in [0.1, 0.15) is 64.2 Å². The molecule has 0 spiro atoms. The van der Waals surface area contributed by atoms with Gasteiger partial charge in [-0.3, -0.25) is 19.3 Å². The van der Waals surface area contributed by atoms with Crippen LogP contribution in [0.25, 0.3) is 0 Å². The Kier molecular flexibility index (Phi) is 6.08. The lowest BCUT2D eigenvalue weighted by Gasteiger charge is -2.41. The maximum atomic E-state index is 13.7. The minimum Gasteiger partial charge on any atom is -0.459 e. The van der Waals surface area contributed by atoms with Gasteiger partial charge < -0.3 is 18.9 Å². The predicted molar refractivity (Wildman–Crippen MR) is 119 cm³/mol. The molecule has 2 bridgehead atoms. The second-order valence-electron chi connectivity index (χ2n) is 11.4. The van der Waals surface area contributed by atoms with Crippen molar-refractivity contribution in [3.8, 4) is 0 Å². The summed E-state index contributed by atoms with van der Waals surface area (Å²) in [5.41, 5.74) is -0.371. The number of ether oxygens (including phenoxy) is 4. The molecule has 6 aliphatic rings. The van der Waals surface area contributed by atoms with Gasteiger partial charge in [-0.05, 0) is 50.9 Å². The lowest BCUT2D eigenvalue weighted by molar-refractivity contribution is -0.181. The normalized spacial score (nSPS) is 39.2. The highest BCUT2D eigenvalue weighted by Gasteiger charge is 2.70. The van der Waals surface area contributed by atoms with Crippen LogP contribution in [0.2, 0.25) is 0 Å². The molecule has 0 aromatic carbocycles. The van der Waals surface area contributed by atoms with Gasteiger partial charge in [0.1, 0.15) is 17.8 Å². The quantitative estimate of drug-likeness (QED) is 0.427. The first-order valence-corrected chi connectivity index (χ1v) is 13.5.